The van der Waals surface area contributed by atoms with E-state index in [9.17, 15) is 10.1 Å². The number of hydrogen-bond acceptors (Lipinski definition) is 3. The first-order chi connectivity index (χ1) is 9.19. The summed E-state index contributed by atoms with van der Waals surface area (Å²) >= 11 is 0. The second-order valence-electron chi connectivity index (χ2n) is 4.85. The van der Waals surface area contributed by atoms with Gasteiger partial charge in [0.05, 0.1) is 4.92 Å². The Morgan fingerprint density at radius 3 is 2.42 bits per heavy atom. The van der Waals surface area contributed by atoms with Crippen molar-refractivity contribution >= 4 is 5.69 Å². The van der Waals surface area contributed by atoms with Crippen LogP contribution in [0.15, 0.2) is 24.3 Å². The van der Waals surface area contributed by atoms with Gasteiger partial charge in [-0.1, -0.05) is 32.4 Å². The van der Waals surface area contributed by atoms with Crippen LogP contribution < -0.4 is 5.32 Å². The first-order valence-electron chi connectivity index (χ1n) is 7.14. The van der Waals surface area contributed by atoms with Crippen molar-refractivity contribution in [1.82, 2.24) is 5.32 Å². The second-order valence-corrected chi connectivity index (χ2v) is 4.85. The number of unbranched alkanes of at least 4 members (excludes halogenated alkanes) is 1. The van der Waals surface area contributed by atoms with E-state index in [-0.39, 0.29) is 10.6 Å². The molecule has 19 heavy (non-hydrogen) atoms. The number of nitrogens with zero attached hydrogens (tertiary/aromatic N) is 1. The Hall–Kier alpha value is -1.42. The molecule has 0 radical (unpaired) electrons. The Balaban J connectivity index is 2.47. The molecule has 1 aromatic carbocycles. The molecule has 106 valence electrons. The Labute approximate surface area is 115 Å². The highest BCUT2D eigenvalue weighted by atomic mass is 16.6. The maximum absolute atomic E-state index is 10.6. The van der Waals surface area contributed by atoms with Gasteiger partial charge in [0.1, 0.15) is 0 Å². The second kappa shape index (κ2) is 8.64. The molecule has 0 saturated carbocycles. The van der Waals surface area contributed by atoms with Gasteiger partial charge in [0.25, 0.3) is 5.69 Å². The summed E-state index contributed by atoms with van der Waals surface area (Å²) < 4.78 is 0. The maximum Gasteiger partial charge on any atom is 0.269 e. The fraction of sp³-hybridized carbons (Fsp3) is 0.600. The summed E-state index contributed by atoms with van der Waals surface area (Å²) in [6.45, 7) is 6.44. The minimum absolute atomic E-state index is 0.166. The highest BCUT2D eigenvalue weighted by molar-refractivity contribution is 5.34. The van der Waals surface area contributed by atoms with E-state index in [4.69, 9.17) is 0 Å². The third-order valence-corrected chi connectivity index (χ3v) is 3.44. The minimum Gasteiger partial charge on any atom is -0.317 e. The molecule has 1 rings (SSSR count). The maximum atomic E-state index is 10.6. The fourth-order valence-corrected chi connectivity index (χ4v) is 2.18. The van der Waals surface area contributed by atoms with E-state index >= 15 is 0 Å². The molecule has 1 atom stereocenters. The Morgan fingerprint density at radius 2 is 1.89 bits per heavy atom. The van der Waals surface area contributed by atoms with Crippen LogP contribution in [0, 0.1) is 10.1 Å². The summed E-state index contributed by atoms with van der Waals surface area (Å²) in [7, 11) is 0. The molecule has 0 heterocycles. The lowest BCUT2D eigenvalue weighted by Crippen LogP contribution is -2.18. The topological polar surface area (TPSA) is 55.2 Å². The smallest absolute Gasteiger partial charge is 0.269 e. The van der Waals surface area contributed by atoms with E-state index in [0.717, 1.165) is 25.9 Å². The van der Waals surface area contributed by atoms with Crippen molar-refractivity contribution < 1.29 is 4.92 Å². The Kier molecular flexibility index (Phi) is 7.11. The van der Waals surface area contributed by atoms with Crippen LogP contribution in [0.5, 0.6) is 0 Å². The number of nitrogens with one attached hydrogen (secondary N) is 1. The third-order valence-electron chi connectivity index (χ3n) is 3.44. The van der Waals surface area contributed by atoms with E-state index in [1.165, 1.54) is 18.4 Å². The predicted molar refractivity (Wildman–Crippen MR) is 78.5 cm³/mol. The molecule has 1 unspecified atom stereocenters. The van der Waals surface area contributed by atoms with Gasteiger partial charge in [-0.05, 0) is 43.8 Å². The summed E-state index contributed by atoms with van der Waals surface area (Å²) in [5, 5.41) is 14.1. The molecular formula is C15H24N2O2. The summed E-state index contributed by atoms with van der Waals surface area (Å²) in [6.07, 6.45) is 4.58. The molecule has 0 aromatic heterocycles. The SMILES string of the molecule is CCCCNCCC(CC)c1ccc([N+](=O)[O-])cc1. The van der Waals surface area contributed by atoms with Crippen molar-refractivity contribution in [1.29, 1.82) is 0 Å². The Bertz CT molecular complexity index is 376. The van der Waals surface area contributed by atoms with Crippen LogP contribution in [0.2, 0.25) is 0 Å². The normalized spacial score (nSPS) is 12.3. The van der Waals surface area contributed by atoms with Crippen LogP contribution in [-0.4, -0.2) is 18.0 Å². The Morgan fingerprint density at radius 1 is 1.21 bits per heavy atom. The lowest BCUT2D eigenvalue weighted by Gasteiger charge is -2.15. The van der Waals surface area contributed by atoms with E-state index in [1.54, 1.807) is 12.1 Å². The van der Waals surface area contributed by atoms with E-state index < -0.39 is 0 Å². The van der Waals surface area contributed by atoms with E-state index in [0.29, 0.717) is 5.92 Å². The van der Waals surface area contributed by atoms with Gasteiger partial charge in [-0.25, -0.2) is 0 Å². The van der Waals surface area contributed by atoms with Crippen molar-refractivity contribution in [3.8, 4) is 0 Å². The molecule has 0 saturated heterocycles. The molecule has 1 N–H and O–H groups in total. The summed E-state index contributed by atoms with van der Waals surface area (Å²) in [5.41, 5.74) is 1.37. The van der Waals surface area contributed by atoms with Gasteiger partial charge >= 0.3 is 0 Å². The quantitative estimate of drug-likeness (QED) is 0.418. The van der Waals surface area contributed by atoms with Gasteiger partial charge in [0.2, 0.25) is 0 Å². The van der Waals surface area contributed by atoms with Crippen LogP contribution in [-0.2, 0) is 0 Å². The number of benzene rings is 1. The first kappa shape index (κ1) is 15.6. The van der Waals surface area contributed by atoms with Gasteiger partial charge in [0, 0.05) is 12.1 Å². The van der Waals surface area contributed by atoms with Gasteiger partial charge in [-0.15, -0.1) is 0 Å². The zero-order valence-electron chi connectivity index (χ0n) is 11.9. The van der Waals surface area contributed by atoms with Crippen molar-refractivity contribution in [2.24, 2.45) is 0 Å². The summed E-state index contributed by atoms with van der Waals surface area (Å²) in [5.74, 6) is 0.481. The molecule has 0 aliphatic carbocycles. The number of non-ortho nitro benzene ring substituents is 1. The van der Waals surface area contributed by atoms with Gasteiger partial charge < -0.3 is 5.32 Å². The number of rotatable bonds is 9. The van der Waals surface area contributed by atoms with Crippen molar-refractivity contribution in [3.05, 3.63) is 39.9 Å². The highest BCUT2D eigenvalue weighted by Gasteiger charge is 2.11. The predicted octanol–water partition coefficient (Wildman–Crippen LogP) is 3.87. The molecule has 1 aromatic rings. The average Bonchev–Trinajstić information content (AvgIpc) is 2.43. The van der Waals surface area contributed by atoms with Crippen molar-refractivity contribution in [3.63, 3.8) is 0 Å². The molecule has 0 aliphatic rings. The van der Waals surface area contributed by atoms with Gasteiger partial charge in [0.15, 0.2) is 0 Å². The first-order valence-corrected chi connectivity index (χ1v) is 7.14. The molecular weight excluding hydrogens is 240 g/mol. The van der Waals surface area contributed by atoms with Gasteiger partial charge in [-0.2, -0.15) is 0 Å². The molecule has 4 heteroatoms. The molecule has 0 bridgehead atoms. The zero-order chi connectivity index (χ0) is 14.1. The summed E-state index contributed by atoms with van der Waals surface area (Å²) in [4.78, 5) is 10.3. The standard InChI is InChI=1S/C15H24N2O2/c1-3-5-11-16-12-10-13(4-2)14-6-8-15(9-7-14)17(18)19/h6-9,13,16H,3-5,10-12H2,1-2H3. The van der Waals surface area contributed by atoms with Crippen LogP contribution >= 0.6 is 0 Å². The average molecular weight is 264 g/mol. The van der Waals surface area contributed by atoms with Crippen LogP contribution in [0.25, 0.3) is 0 Å². The minimum atomic E-state index is -0.350. The number of nitro groups is 1. The molecule has 0 spiro atoms. The largest absolute Gasteiger partial charge is 0.317 e. The third kappa shape index (κ3) is 5.39. The summed E-state index contributed by atoms with van der Waals surface area (Å²) in [6, 6.07) is 6.97. The molecule has 4 nitrogen and oxygen atoms in total. The van der Waals surface area contributed by atoms with E-state index in [2.05, 4.69) is 19.2 Å². The lowest BCUT2D eigenvalue weighted by molar-refractivity contribution is -0.384. The molecule has 0 aliphatic heterocycles. The molecule has 0 fully saturated rings. The fourth-order valence-electron chi connectivity index (χ4n) is 2.18. The molecule has 0 amide bonds. The number of hydrogen-bond donors (Lipinski definition) is 1. The van der Waals surface area contributed by atoms with Crippen LogP contribution in [0.1, 0.15) is 51.0 Å². The van der Waals surface area contributed by atoms with Crippen molar-refractivity contribution in [2.75, 3.05) is 13.1 Å². The van der Waals surface area contributed by atoms with Gasteiger partial charge in [-0.3, -0.25) is 10.1 Å². The van der Waals surface area contributed by atoms with Crippen molar-refractivity contribution in [2.45, 2.75) is 45.4 Å². The monoisotopic (exact) mass is 264 g/mol. The highest BCUT2D eigenvalue weighted by Crippen LogP contribution is 2.24. The lowest BCUT2D eigenvalue weighted by atomic mass is 9.93. The van der Waals surface area contributed by atoms with Crippen LogP contribution in [0.4, 0.5) is 5.69 Å². The van der Waals surface area contributed by atoms with Crippen LogP contribution in [0.3, 0.4) is 0 Å². The number of nitro benzene ring substituents is 1. The van der Waals surface area contributed by atoms with E-state index in [1.807, 2.05) is 12.1 Å². The zero-order valence-corrected chi connectivity index (χ0v) is 11.9.